The number of hydrogen-bond donors (Lipinski definition) is 3. The van der Waals surface area contributed by atoms with Crippen LogP contribution in [0.25, 0.3) is 0 Å². The number of carbonyl (C=O) groups excluding carboxylic acids is 2. The van der Waals surface area contributed by atoms with Gasteiger partial charge >= 0.3 is 0 Å². The van der Waals surface area contributed by atoms with E-state index in [0.29, 0.717) is 17.7 Å². The number of anilines is 1. The first-order chi connectivity index (χ1) is 11.5. The molecule has 0 saturated carbocycles. The number of carbonyl (C=O) groups is 2. The van der Waals surface area contributed by atoms with Gasteiger partial charge < -0.3 is 15.7 Å². The van der Waals surface area contributed by atoms with Gasteiger partial charge in [0.05, 0.1) is 6.04 Å². The molecule has 0 aliphatic heterocycles. The molecule has 2 aromatic rings. The second-order valence-electron chi connectivity index (χ2n) is 5.57. The van der Waals surface area contributed by atoms with Crippen LogP contribution in [0.1, 0.15) is 43.5 Å². The van der Waals surface area contributed by atoms with E-state index in [-0.39, 0.29) is 11.9 Å². The van der Waals surface area contributed by atoms with Crippen molar-refractivity contribution in [2.24, 2.45) is 0 Å². The van der Waals surface area contributed by atoms with Crippen molar-refractivity contribution in [2.45, 2.75) is 32.4 Å². The molecule has 24 heavy (non-hydrogen) atoms. The van der Waals surface area contributed by atoms with Gasteiger partial charge in [0.25, 0.3) is 5.91 Å². The van der Waals surface area contributed by atoms with Crippen molar-refractivity contribution in [3.05, 3.63) is 65.7 Å². The zero-order chi connectivity index (χ0) is 17.5. The first-order valence-electron chi connectivity index (χ1n) is 7.94. The van der Waals surface area contributed by atoms with Crippen LogP contribution in [0.2, 0.25) is 0 Å². The van der Waals surface area contributed by atoms with E-state index in [1.165, 1.54) is 0 Å². The second kappa shape index (κ2) is 8.26. The Labute approximate surface area is 141 Å². The normalized spacial score (nSPS) is 13.0. The lowest BCUT2D eigenvalue weighted by atomic mass is 10.1. The van der Waals surface area contributed by atoms with E-state index in [1.54, 1.807) is 43.3 Å². The van der Waals surface area contributed by atoms with Crippen molar-refractivity contribution in [2.75, 3.05) is 5.32 Å². The highest BCUT2D eigenvalue weighted by molar-refractivity contribution is 5.90. The van der Waals surface area contributed by atoms with Crippen LogP contribution >= 0.6 is 0 Å². The average molecular weight is 326 g/mol. The molecule has 2 atom stereocenters. The third-order valence-corrected chi connectivity index (χ3v) is 3.74. The van der Waals surface area contributed by atoms with Gasteiger partial charge in [-0.05, 0) is 30.2 Å². The predicted molar refractivity (Wildman–Crippen MR) is 93.3 cm³/mol. The molecule has 0 bridgehead atoms. The zero-order valence-corrected chi connectivity index (χ0v) is 13.8. The minimum atomic E-state index is -1.20. The van der Waals surface area contributed by atoms with Crippen LogP contribution in [0.4, 0.5) is 5.69 Å². The van der Waals surface area contributed by atoms with E-state index in [4.69, 9.17) is 0 Å². The summed E-state index contributed by atoms with van der Waals surface area (Å²) in [7, 11) is 0. The summed E-state index contributed by atoms with van der Waals surface area (Å²) >= 11 is 0. The quantitative estimate of drug-likeness (QED) is 0.763. The summed E-state index contributed by atoms with van der Waals surface area (Å²) < 4.78 is 0. The van der Waals surface area contributed by atoms with Gasteiger partial charge in [-0.3, -0.25) is 9.59 Å². The number of aliphatic hydroxyl groups is 1. The van der Waals surface area contributed by atoms with Gasteiger partial charge in [-0.15, -0.1) is 0 Å². The van der Waals surface area contributed by atoms with Crippen molar-refractivity contribution >= 4 is 17.5 Å². The minimum absolute atomic E-state index is 0.0462. The zero-order valence-electron chi connectivity index (χ0n) is 13.8. The summed E-state index contributed by atoms with van der Waals surface area (Å²) in [5.41, 5.74) is 2.16. The molecule has 0 aliphatic carbocycles. The Kier molecular flexibility index (Phi) is 6.09. The second-order valence-corrected chi connectivity index (χ2v) is 5.57. The third-order valence-electron chi connectivity index (χ3n) is 3.74. The molecule has 0 fully saturated rings. The number of hydrogen-bond acceptors (Lipinski definition) is 3. The monoisotopic (exact) mass is 326 g/mol. The Morgan fingerprint density at radius 1 is 1.00 bits per heavy atom. The molecule has 0 unspecified atom stereocenters. The highest BCUT2D eigenvalue weighted by atomic mass is 16.3. The van der Waals surface area contributed by atoms with E-state index >= 15 is 0 Å². The topological polar surface area (TPSA) is 78.4 Å². The Bertz CT molecular complexity index is 684. The Balaban J connectivity index is 1.97. The van der Waals surface area contributed by atoms with Crippen LogP contribution < -0.4 is 10.6 Å². The maximum absolute atomic E-state index is 12.2. The molecule has 3 N–H and O–H groups in total. The number of nitrogens with one attached hydrogen (secondary N) is 2. The fourth-order valence-electron chi connectivity index (χ4n) is 2.27. The Hall–Kier alpha value is -2.66. The molecule has 0 heterocycles. The summed E-state index contributed by atoms with van der Waals surface area (Å²) in [4.78, 5) is 23.5. The molecule has 5 nitrogen and oxygen atoms in total. The van der Waals surface area contributed by atoms with E-state index in [0.717, 1.165) is 5.56 Å². The highest BCUT2D eigenvalue weighted by Crippen LogP contribution is 2.18. The van der Waals surface area contributed by atoms with Gasteiger partial charge in [0.2, 0.25) is 5.91 Å². The molecule has 0 aliphatic rings. The largest absolute Gasteiger partial charge is 0.378 e. The van der Waals surface area contributed by atoms with Gasteiger partial charge in [-0.2, -0.15) is 0 Å². The molecule has 0 saturated heterocycles. The standard InChI is InChI=1S/C19H22N2O3/c1-3-17(22)21-16-11-9-14(10-12-16)13(2)20-19(24)18(23)15-7-5-4-6-8-15/h4-13,18,23H,3H2,1-2H3,(H,20,24)(H,21,22)/t13-,18+/m0/s1. The molecule has 2 rings (SSSR count). The van der Waals surface area contributed by atoms with E-state index in [2.05, 4.69) is 10.6 Å². The lowest BCUT2D eigenvalue weighted by Gasteiger charge is -2.18. The fraction of sp³-hybridized carbons (Fsp3) is 0.263. The van der Waals surface area contributed by atoms with Gasteiger partial charge in [0.1, 0.15) is 0 Å². The van der Waals surface area contributed by atoms with Crippen molar-refractivity contribution in [3.8, 4) is 0 Å². The molecule has 2 amide bonds. The van der Waals surface area contributed by atoms with Crippen molar-refractivity contribution in [3.63, 3.8) is 0 Å². The van der Waals surface area contributed by atoms with Gasteiger partial charge in [-0.1, -0.05) is 49.4 Å². The lowest BCUT2D eigenvalue weighted by Crippen LogP contribution is -2.31. The van der Waals surface area contributed by atoms with Crippen LogP contribution in [0, 0.1) is 0 Å². The van der Waals surface area contributed by atoms with Gasteiger partial charge in [0, 0.05) is 12.1 Å². The molecule has 2 aromatic carbocycles. The van der Waals surface area contributed by atoms with Gasteiger partial charge in [-0.25, -0.2) is 0 Å². The van der Waals surface area contributed by atoms with Crippen molar-refractivity contribution < 1.29 is 14.7 Å². The van der Waals surface area contributed by atoms with Crippen LogP contribution in [-0.2, 0) is 9.59 Å². The molecule has 0 radical (unpaired) electrons. The van der Waals surface area contributed by atoms with Crippen LogP contribution in [0.5, 0.6) is 0 Å². The van der Waals surface area contributed by atoms with E-state index in [9.17, 15) is 14.7 Å². The smallest absolute Gasteiger partial charge is 0.253 e. The summed E-state index contributed by atoms with van der Waals surface area (Å²) in [5, 5.41) is 15.7. The fourth-order valence-corrected chi connectivity index (χ4v) is 2.27. The number of rotatable bonds is 6. The average Bonchev–Trinajstić information content (AvgIpc) is 2.62. The predicted octanol–water partition coefficient (Wildman–Crippen LogP) is 2.95. The first-order valence-corrected chi connectivity index (χ1v) is 7.94. The SMILES string of the molecule is CCC(=O)Nc1ccc([C@H](C)NC(=O)[C@H](O)c2ccccc2)cc1. The van der Waals surface area contributed by atoms with Gasteiger partial charge in [0.15, 0.2) is 6.10 Å². The molecule has 0 spiro atoms. The highest BCUT2D eigenvalue weighted by Gasteiger charge is 2.19. The molecule has 5 heteroatoms. The number of benzene rings is 2. The summed E-state index contributed by atoms with van der Waals surface area (Å²) in [6.07, 6.45) is -0.775. The number of aliphatic hydroxyl groups excluding tert-OH is 1. The maximum Gasteiger partial charge on any atom is 0.253 e. The molecule has 126 valence electrons. The first kappa shape index (κ1) is 17.7. The van der Waals surface area contributed by atoms with Crippen molar-refractivity contribution in [1.29, 1.82) is 0 Å². The number of amides is 2. The van der Waals surface area contributed by atoms with E-state index in [1.807, 2.05) is 25.1 Å². The van der Waals surface area contributed by atoms with Crippen LogP contribution in [0.15, 0.2) is 54.6 Å². The van der Waals surface area contributed by atoms with Crippen molar-refractivity contribution in [1.82, 2.24) is 5.32 Å². The summed E-state index contributed by atoms with van der Waals surface area (Å²) in [6, 6.07) is 15.8. The van der Waals surface area contributed by atoms with Crippen LogP contribution in [-0.4, -0.2) is 16.9 Å². The van der Waals surface area contributed by atoms with Crippen LogP contribution in [0.3, 0.4) is 0 Å². The molecule has 0 aromatic heterocycles. The minimum Gasteiger partial charge on any atom is -0.378 e. The Morgan fingerprint density at radius 3 is 2.21 bits per heavy atom. The van der Waals surface area contributed by atoms with E-state index < -0.39 is 12.0 Å². The maximum atomic E-state index is 12.2. The lowest BCUT2D eigenvalue weighted by molar-refractivity contribution is -0.130. The molecular formula is C19H22N2O3. The molecular weight excluding hydrogens is 304 g/mol. The summed E-state index contributed by atoms with van der Waals surface area (Å²) in [6.45, 7) is 3.63. The Morgan fingerprint density at radius 2 is 1.62 bits per heavy atom. The third kappa shape index (κ3) is 4.67. The summed E-state index contributed by atoms with van der Waals surface area (Å²) in [5.74, 6) is -0.493.